The monoisotopic (exact) mass is 389 g/mol. The van der Waals surface area contributed by atoms with Crippen LogP contribution in [0, 0.1) is 0 Å². The molecule has 10 heteroatoms. The van der Waals surface area contributed by atoms with Gasteiger partial charge in [0.05, 0.1) is 17.6 Å². The summed E-state index contributed by atoms with van der Waals surface area (Å²) in [6.45, 7) is 4.56. The molecule has 1 N–H and O–H groups in total. The third-order valence-electron chi connectivity index (χ3n) is 4.01. The zero-order chi connectivity index (χ0) is 19.4. The van der Waals surface area contributed by atoms with Crippen LogP contribution in [-0.2, 0) is 22.6 Å². The van der Waals surface area contributed by atoms with Gasteiger partial charge in [-0.1, -0.05) is 16.6 Å². The molecule has 9 nitrogen and oxygen atoms in total. The van der Waals surface area contributed by atoms with E-state index in [1.165, 1.54) is 0 Å². The average molecular weight is 389 g/mol. The highest BCUT2D eigenvalue weighted by Gasteiger charge is 2.20. The van der Waals surface area contributed by atoms with Crippen LogP contribution in [0.5, 0.6) is 0 Å². The van der Waals surface area contributed by atoms with E-state index >= 15 is 0 Å². The van der Waals surface area contributed by atoms with Crippen molar-refractivity contribution in [3.63, 3.8) is 0 Å². The molecule has 142 valence electrons. The van der Waals surface area contributed by atoms with Crippen molar-refractivity contribution < 1.29 is 14.3 Å². The first-order chi connectivity index (χ1) is 13.1. The smallest absolute Gasteiger partial charge is 0.362 e. The van der Waals surface area contributed by atoms with E-state index in [4.69, 9.17) is 4.74 Å². The SMILES string of the molecule is CCOC(=O)c1nnsc1NC(=O)CCn1c(=O)n(CC)c2ccccc21. The van der Waals surface area contributed by atoms with Gasteiger partial charge in [0.15, 0.2) is 5.00 Å². The van der Waals surface area contributed by atoms with Gasteiger partial charge in [-0.25, -0.2) is 9.59 Å². The molecule has 1 aromatic carbocycles. The lowest BCUT2D eigenvalue weighted by atomic mass is 10.3. The summed E-state index contributed by atoms with van der Waals surface area (Å²) >= 11 is 0.901. The molecule has 0 aliphatic heterocycles. The fourth-order valence-electron chi connectivity index (χ4n) is 2.80. The van der Waals surface area contributed by atoms with Crippen molar-refractivity contribution >= 4 is 39.4 Å². The number of nitrogens with zero attached hydrogens (tertiary/aromatic N) is 4. The molecular formula is C17H19N5O4S. The van der Waals surface area contributed by atoms with Gasteiger partial charge in [-0.3, -0.25) is 13.9 Å². The number of hydrogen-bond donors (Lipinski definition) is 1. The highest BCUT2D eigenvalue weighted by atomic mass is 32.1. The predicted octanol–water partition coefficient (Wildman–Crippen LogP) is 1.88. The van der Waals surface area contributed by atoms with Crippen LogP contribution >= 0.6 is 11.5 Å². The summed E-state index contributed by atoms with van der Waals surface area (Å²) in [6.07, 6.45) is 0.0673. The van der Waals surface area contributed by atoms with E-state index in [-0.39, 0.29) is 41.9 Å². The highest BCUT2D eigenvalue weighted by molar-refractivity contribution is 7.10. The van der Waals surface area contributed by atoms with Crippen LogP contribution in [0.3, 0.4) is 0 Å². The van der Waals surface area contributed by atoms with Crippen molar-refractivity contribution in [2.75, 3.05) is 11.9 Å². The quantitative estimate of drug-likeness (QED) is 0.618. The maximum atomic E-state index is 12.6. The Morgan fingerprint density at radius 3 is 2.56 bits per heavy atom. The molecule has 0 spiro atoms. The fraction of sp³-hybridized carbons (Fsp3) is 0.353. The largest absolute Gasteiger partial charge is 0.461 e. The Morgan fingerprint density at radius 1 is 1.19 bits per heavy atom. The van der Waals surface area contributed by atoms with Gasteiger partial charge in [-0.2, -0.15) is 0 Å². The van der Waals surface area contributed by atoms with Gasteiger partial charge in [0.2, 0.25) is 11.6 Å². The normalized spacial score (nSPS) is 10.9. The third-order valence-corrected chi connectivity index (χ3v) is 4.65. The summed E-state index contributed by atoms with van der Waals surface area (Å²) in [7, 11) is 0. The number of nitrogens with one attached hydrogen (secondary N) is 1. The molecule has 3 rings (SSSR count). The first-order valence-corrected chi connectivity index (χ1v) is 9.31. The molecule has 0 bridgehead atoms. The lowest BCUT2D eigenvalue weighted by Gasteiger charge is -2.05. The Morgan fingerprint density at radius 2 is 1.89 bits per heavy atom. The molecule has 0 saturated carbocycles. The average Bonchev–Trinajstić information content (AvgIpc) is 3.22. The van der Waals surface area contributed by atoms with Crippen molar-refractivity contribution in [1.29, 1.82) is 0 Å². The number of aromatic nitrogens is 4. The second-order valence-electron chi connectivity index (χ2n) is 5.64. The number of para-hydroxylation sites is 2. The molecule has 27 heavy (non-hydrogen) atoms. The number of aryl methyl sites for hydroxylation is 2. The number of carbonyl (C=O) groups is 2. The van der Waals surface area contributed by atoms with Gasteiger partial charge in [-0.15, -0.1) is 5.10 Å². The van der Waals surface area contributed by atoms with Crippen LogP contribution in [0.2, 0.25) is 0 Å². The van der Waals surface area contributed by atoms with Crippen molar-refractivity contribution in [2.24, 2.45) is 0 Å². The summed E-state index contributed by atoms with van der Waals surface area (Å²) in [5, 5.41) is 6.55. The Balaban J connectivity index is 1.74. The van der Waals surface area contributed by atoms with Crippen LogP contribution in [0.25, 0.3) is 11.0 Å². The number of imidazole rings is 1. The van der Waals surface area contributed by atoms with Crippen molar-refractivity contribution in [3.8, 4) is 0 Å². The highest BCUT2D eigenvalue weighted by Crippen LogP contribution is 2.19. The van der Waals surface area contributed by atoms with Gasteiger partial charge in [0.1, 0.15) is 0 Å². The number of fused-ring (bicyclic) bond motifs is 1. The molecule has 3 aromatic rings. The van der Waals surface area contributed by atoms with Crippen LogP contribution in [0.1, 0.15) is 30.8 Å². The summed E-state index contributed by atoms with van der Waals surface area (Å²) in [5.74, 6) is -0.976. The Labute approximate surface area is 158 Å². The molecule has 1 amide bonds. The van der Waals surface area contributed by atoms with E-state index in [2.05, 4.69) is 14.9 Å². The number of anilines is 1. The van der Waals surface area contributed by atoms with Crippen LogP contribution < -0.4 is 11.0 Å². The molecule has 2 aromatic heterocycles. The zero-order valence-electron chi connectivity index (χ0n) is 15.0. The number of benzene rings is 1. The Hall–Kier alpha value is -3.01. The van der Waals surface area contributed by atoms with Gasteiger partial charge < -0.3 is 10.1 Å². The Kier molecular flexibility index (Phi) is 5.65. The summed E-state index contributed by atoms with van der Waals surface area (Å²) in [6, 6.07) is 7.46. The maximum absolute atomic E-state index is 12.6. The van der Waals surface area contributed by atoms with Crippen molar-refractivity contribution in [3.05, 3.63) is 40.4 Å². The molecule has 0 unspecified atom stereocenters. The predicted molar refractivity (Wildman–Crippen MR) is 101 cm³/mol. The van der Waals surface area contributed by atoms with E-state index in [1.54, 1.807) is 16.1 Å². The molecular weight excluding hydrogens is 370 g/mol. The number of amides is 1. The first kappa shape index (κ1) is 18.8. The van der Waals surface area contributed by atoms with Gasteiger partial charge >= 0.3 is 11.7 Å². The van der Waals surface area contributed by atoms with E-state index in [1.807, 2.05) is 31.2 Å². The minimum absolute atomic E-state index is 0.0186. The fourth-order valence-corrected chi connectivity index (χ4v) is 3.38. The third kappa shape index (κ3) is 3.75. The van der Waals surface area contributed by atoms with Crippen LogP contribution in [0.4, 0.5) is 5.00 Å². The lowest BCUT2D eigenvalue weighted by molar-refractivity contribution is -0.116. The van der Waals surface area contributed by atoms with Crippen molar-refractivity contribution in [2.45, 2.75) is 33.4 Å². The minimum Gasteiger partial charge on any atom is -0.461 e. The number of ether oxygens (including phenoxy) is 1. The van der Waals surface area contributed by atoms with E-state index < -0.39 is 5.97 Å². The van der Waals surface area contributed by atoms with E-state index in [0.29, 0.717) is 6.54 Å². The molecule has 0 saturated heterocycles. The molecule has 0 atom stereocenters. The summed E-state index contributed by atoms with van der Waals surface area (Å²) in [5.41, 5.74) is 1.44. The topological polar surface area (TPSA) is 108 Å². The zero-order valence-corrected chi connectivity index (χ0v) is 15.8. The molecule has 0 radical (unpaired) electrons. The molecule has 0 fully saturated rings. The van der Waals surface area contributed by atoms with Crippen LogP contribution in [-0.4, -0.2) is 37.2 Å². The number of carbonyl (C=O) groups excluding carboxylic acids is 2. The number of rotatable bonds is 7. The van der Waals surface area contributed by atoms with E-state index in [9.17, 15) is 14.4 Å². The minimum atomic E-state index is -0.635. The maximum Gasteiger partial charge on any atom is 0.362 e. The van der Waals surface area contributed by atoms with Gasteiger partial charge in [-0.05, 0) is 26.0 Å². The molecule has 0 aliphatic rings. The Bertz CT molecular complexity index is 1040. The second-order valence-corrected chi connectivity index (χ2v) is 6.39. The standard InChI is InChI=1S/C17H19N5O4S/c1-3-21-11-7-5-6-8-12(11)22(17(21)25)10-9-13(23)18-15-14(19-20-27-15)16(24)26-4-2/h5-8H,3-4,9-10H2,1-2H3,(H,18,23). The second kappa shape index (κ2) is 8.12. The first-order valence-electron chi connectivity index (χ1n) is 8.54. The molecule has 2 heterocycles. The summed E-state index contributed by atoms with van der Waals surface area (Å²) < 4.78 is 11.8. The lowest BCUT2D eigenvalue weighted by Crippen LogP contribution is -2.25. The van der Waals surface area contributed by atoms with Gasteiger partial charge in [0.25, 0.3) is 0 Å². The van der Waals surface area contributed by atoms with Gasteiger partial charge in [0, 0.05) is 31.0 Å². The van der Waals surface area contributed by atoms with E-state index in [0.717, 1.165) is 22.6 Å². The molecule has 0 aliphatic carbocycles. The van der Waals surface area contributed by atoms with Crippen LogP contribution in [0.15, 0.2) is 29.1 Å². The summed E-state index contributed by atoms with van der Waals surface area (Å²) in [4.78, 5) is 36.7. The number of esters is 1. The number of hydrogen-bond acceptors (Lipinski definition) is 7. The van der Waals surface area contributed by atoms with Crippen molar-refractivity contribution in [1.82, 2.24) is 18.7 Å².